The van der Waals surface area contributed by atoms with Crippen molar-refractivity contribution in [2.75, 3.05) is 28.6 Å². The number of aryl methyl sites for hydroxylation is 1. The summed E-state index contributed by atoms with van der Waals surface area (Å²) in [6.07, 6.45) is 1.12. The summed E-state index contributed by atoms with van der Waals surface area (Å²) in [5.41, 5.74) is 3.43. The highest BCUT2D eigenvalue weighted by molar-refractivity contribution is 7.92. The maximum atomic E-state index is 12.9. The van der Waals surface area contributed by atoms with Gasteiger partial charge in [0.15, 0.2) is 0 Å². The van der Waals surface area contributed by atoms with Crippen molar-refractivity contribution in [3.8, 4) is 0 Å². The minimum absolute atomic E-state index is 0.234. The molecular formula is C21H28N2O3S. The molecule has 0 bridgehead atoms. The number of sulfonamides is 1. The number of likely N-dealkylation sites (N-methyl/N-ethyl adjacent to an activating group) is 1. The Morgan fingerprint density at radius 3 is 2.15 bits per heavy atom. The Kier molecular flexibility index (Phi) is 6.65. The van der Waals surface area contributed by atoms with E-state index >= 15 is 0 Å². The first-order chi connectivity index (χ1) is 12.6. The van der Waals surface area contributed by atoms with Crippen molar-refractivity contribution in [2.45, 2.75) is 33.6 Å². The van der Waals surface area contributed by atoms with E-state index in [9.17, 15) is 13.2 Å². The quantitative estimate of drug-likeness (QED) is 0.722. The second kappa shape index (κ2) is 8.57. The highest BCUT2D eigenvalue weighted by atomic mass is 32.2. The van der Waals surface area contributed by atoms with Crippen molar-refractivity contribution in [3.05, 3.63) is 59.7 Å². The van der Waals surface area contributed by atoms with Crippen LogP contribution in [0.2, 0.25) is 0 Å². The van der Waals surface area contributed by atoms with Crippen molar-refractivity contribution in [3.63, 3.8) is 0 Å². The monoisotopic (exact) mass is 388 g/mol. The number of anilines is 2. The predicted molar refractivity (Wildman–Crippen MR) is 112 cm³/mol. The van der Waals surface area contributed by atoms with Crippen LogP contribution in [0.3, 0.4) is 0 Å². The minimum atomic E-state index is -3.59. The molecule has 0 radical (unpaired) electrons. The summed E-state index contributed by atoms with van der Waals surface area (Å²) in [5, 5.41) is 0. The van der Waals surface area contributed by atoms with Gasteiger partial charge in [-0.1, -0.05) is 38.1 Å². The van der Waals surface area contributed by atoms with Crippen molar-refractivity contribution in [2.24, 2.45) is 0 Å². The summed E-state index contributed by atoms with van der Waals surface area (Å²) >= 11 is 0. The maximum Gasteiger partial charge on any atom is 0.247 e. The number of rotatable bonds is 7. The fraction of sp³-hybridized carbons (Fsp3) is 0.381. The molecule has 2 aromatic rings. The number of hydrogen-bond acceptors (Lipinski definition) is 3. The zero-order valence-electron chi connectivity index (χ0n) is 16.6. The lowest BCUT2D eigenvalue weighted by atomic mass is 10.0. The molecule has 0 aliphatic carbocycles. The molecule has 0 heterocycles. The molecule has 0 aromatic heterocycles. The largest absolute Gasteiger partial charge is 0.311 e. The first kappa shape index (κ1) is 21.0. The molecule has 0 fully saturated rings. The Labute approximate surface area is 162 Å². The first-order valence-corrected chi connectivity index (χ1v) is 10.9. The summed E-state index contributed by atoms with van der Waals surface area (Å²) in [5.74, 6) is 0.0886. The lowest BCUT2D eigenvalue weighted by molar-refractivity contribution is -0.117. The van der Waals surface area contributed by atoms with Gasteiger partial charge in [0.2, 0.25) is 15.9 Å². The second-order valence-electron chi connectivity index (χ2n) is 6.99. The standard InChI is InChI=1S/C21H28N2O3S/c1-6-22(20-9-7-8-17(4)14-20)21(24)15-23(27(5,25)26)19-12-10-18(11-13-19)16(2)3/h7-14,16H,6,15H2,1-5H3. The Bertz CT molecular complexity index is 890. The lowest BCUT2D eigenvalue weighted by Crippen LogP contribution is -2.42. The van der Waals surface area contributed by atoms with Crippen LogP contribution in [0.1, 0.15) is 37.8 Å². The van der Waals surface area contributed by atoms with E-state index in [1.807, 2.05) is 50.2 Å². The van der Waals surface area contributed by atoms with E-state index in [2.05, 4.69) is 13.8 Å². The van der Waals surface area contributed by atoms with Crippen LogP contribution in [-0.4, -0.2) is 33.7 Å². The molecule has 27 heavy (non-hydrogen) atoms. The van der Waals surface area contributed by atoms with E-state index in [4.69, 9.17) is 0 Å². The molecule has 6 heteroatoms. The van der Waals surface area contributed by atoms with E-state index in [0.29, 0.717) is 18.2 Å². The van der Waals surface area contributed by atoms with E-state index in [1.165, 1.54) is 0 Å². The average Bonchev–Trinajstić information content (AvgIpc) is 2.59. The van der Waals surface area contributed by atoms with Gasteiger partial charge in [-0.25, -0.2) is 8.42 Å². The van der Waals surface area contributed by atoms with Gasteiger partial charge in [-0.3, -0.25) is 9.10 Å². The number of carbonyl (C=O) groups excluding carboxylic acids is 1. The average molecular weight is 389 g/mol. The van der Waals surface area contributed by atoms with Crippen molar-refractivity contribution < 1.29 is 13.2 Å². The van der Waals surface area contributed by atoms with E-state index in [0.717, 1.165) is 27.4 Å². The normalized spacial score (nSPS) is 11.5. The van der Waals surface area contributed by atoms with Gasteiger partial charge in [0, 0.05) is 12.2 Å². The van der Waals surface area contributed by atoms with Gasteiger partial charge in [-0.15, -0.1) is 0 Å². The summed E-state index contributed by atoms with van der Waals surface area (Å²) in [6, 6.07) is 14.9. The minimum Gasteiger partial charge on any atom is -0.311 e. The molecule has 0 saturated carbocycles. The van der Waals surface area contributed by atoms with Crippen molar-refractivity contribution >= 4 is 27.3 Å². The van der Waals surface area contributed by atoms with Crippen LogP contribution >= 0.6 is 0 Å². The van der Waals surface area contributed by atoms with Gasteiger partial charge in [0.1, 0.15) is 6.54 Å². The van der Waals surface area contributed by atoms with Crippen LogP contribution in [0.25, 0.3) is 0 Å². The first-order valence-electron chi connectivity index (χ1n) is 9.08. The second-order valence-corrected chi connectivity index (χ2v) is 8.90. The third-order valence-electron chi connectivity index (χ3n) is 4.46. The molecule has 0 spiro atoms. The molecule has 0 atom stereocenters. The third kappa shape index (κ3) is 5.32. The molecule has 1 amide bonds. The number of benzene rings is 2. The Morgan fingerprint density at radius 2 is 1.67 bits per heavy atom. The highest BCUT2D eigenvalue weighted by Crippen LogP contribution is 2.23. The van der Waals surface area contributed by atoms with E-state index in [-0.39, 0.29) is 12.5 Å². The SMILES string of the molecule is CCN(C(=O)CN(c1ccc(C(C)C)cc1)S(C)(=O)=O)c1cccc(C)c1. The van der Waals surface area contributed by atoms with Crippen LogP contribution < -0.4 is 9.21 Å². The number of nitrogens with zero attached hydrogens (tertiary/aromatic N) is 2. The molecule has 146 valence electrons. The molecule has 0 saturated heterocycles. The van der Waals surface area contributed by atoms with Gasteiger partial charge in [0.25, 0.3) is 0 Å². The van der Waals surface area contributed by atoms with Gasteiger partial charge < -0.3 is 4.90 Å². The van der Waals surface area contributed by atoms with Gasteiger partial charge in [-0.2, -0.15) is 0 Å². The maximum absolute atomic E-state index is 12.9. The summed E-state index contributed by atoms with van der Waals surface area (Å²) in [7, 11) is -3.59. The Balaban J connectivity index is 2.31. The van der Waals surface area contributed by atoms with Gasteiger partial charge in [0.05, 0.1) is 11.9 Å². The van der Waals surface area contributed by atoms with Gasteiger partial charge >= 0.3 is 0 Å². The fourth-order valence-corrected chi connectivity index (χ4v) is 3.78. The molecule has 2 rings (SSSR count). The molecule has 0 unspecified atom stereocenters. The van der Waals surface area contributed by atoms with E-state index in [1.54, 1.807) is 17.0 Å². The van der Waals surface area contributed by atoms with Crippen LogP contribution in [-0.2, 0) is 14.8 Å². The van der Waals surface area contributed by atoms with Crippen LogP contribution in [0.15, 0.2) is 48.5 Å². The molecule has 0 N–H and O–H groups in total. The van der Waals surface area contributed by atoms with Crippen LogP contribution in [0, 0.1) is 6.92 Å². The smallest absolute Gasteiger partial charge is 0.247 e. The topological polar surface area (TPSA) is 57.7 Å². The zero-order valence-corrected chi connectivity index (χ0v) is 17.5. The summed E-state index contributed by atoms with van der Waals surface area (Å²) < 4.78 is 25.9. The Hall–Kier alpha value is -2.34. The summed E-state index contributed by atoms with van der Waals surface area (Å²) in [6.45, 7) is 8.22. The Morgan fingerprint density at radius 1 is 1.04 bits per heavy atom. The number of hydrogen-bond donors (Lipinski definition) is 0. The van der Waals surface area contributed by atoms with Crippen molar-refractivity contribution in [1.29, 1.82) is 0 Å². The summed E-state index contributed by atoms with van der Waals surface area (Å²) in [4.78, 5) is 14.5. The number of carbonyl (C=O) groups is 1. The fourth-order valence-electron chi connectivity index (χ4n) is 2.93. The van der Waals surface area contributed by atoms with Crippen molar-refractivity contribution in [1.82, 2.24) is 0 Å². The predicted octanol–water partition coefficient (Wildman–Crippen LogP) is 3.94. The van der Waals surface area contributed by atoms with Crippen LogP contribution in [0.4, 0.5) is 11.4 Å². The van der Waals surface area contributed by atoms with Crippen LogP contribution in [0.5, 0.6) is 0 Å². The van der Waals surface area contributed by atoms with E-state index < -0.39 is 10.0 Å². The highest BCUT2D eigenvalue weighted by Gasteiger charge is 2.24. The lowest BCUT2D eigenvalue weighted by Gasteiger charge is -2.27. The molecule has 5 nitrogen and oxygen atoms in total. The molecule has 0 aliphatic heterocycles. The third-order valence-corrected chi connectivity index (χ3v) is 5.60. The number of amides is 1. The zero-order chi connectivity index (χ0) is 20.2. The molecular weight excluding hydrogens is 360 g/mol. The molecule has 2 aromatic carbocycles. The molecule has 0 aliphatic rings. The van der Waals surface area contributed by atoms with Gasteiger partial charge in [-0.05, 0) is 55.2 Å².